The summed E-state index contributed by atoms with van der Waals surface area (Å²) in [6, 6.07) is 0. The molecule has 0 radical (unpaired) electrons. The van der Waals surface area contributed by atoms with Gasteiger partial charge in [-0.3, -0.25) is 4.79 Å². The molecule has 2 rings (SSSR count). The van der Waals surface area contributed by atoms with E-state index in [1.165, 1.54) is 0 Å². The van der Waals surface area contributed by atoms with Crippen LogP contribution >= 0.6 is 0 Å². The van der Waals surface area contributed by atoms with Gasteiger partial charge in [0.15, 0.2) is 5.78 Å². The molecule has 0 aliphatic heterocycles. The maximum atomic E-state index is 11.7. The minimum absolute atomic E-state index is 0.175. The van der Waals surface area contributed by atoms with Gasteiger partial charge in [-0.1, -0.05) is 13.8 Å². The normalized spacial score (nSPS) is 14.6. The van der Waals surface area contributed by atoms with Crippen LogP contribution in [0.4, 0.5) is 0 Å². The molecule has 4 heteroatoms. The van der Waals surface area contributed by atoms with Crippen molar-refractivity contribution in [1.29, 1.82) is 0 Å². The summed E-state index contributed by atoms with van der Waals surface area (Å²) in [6.07, 6.45) is 1.99. The monoisotopic (exact) mass is 219 g/mol. The van der Waals surface area contributed by atoms with Crippen molar-refractivity contribution in [1.82, 2.24) is 9.97 Å². The van der Waals surface area contributed by atoms with Gasteiger partial charge in [0.05, 0.1) is 17.0 Å². The highest BCUT2D eigenvalue weighted by Gasteiger charge is 2.26. The number of nitrogens with two attached hydrogens (primary N) is 1. The molecule has 0 saturated heterocycles. The maximum Gasteiger partial charge on any atom is 0.166 e. The molecule has 0 bridgehead atoms. The molecular formula is C12H17N3O. The molecule has 0 saturated carbocycles. The number of hydrogen-bond donors (Lipinski definition) is 1. The molecule has 86 valence electrons. The number of hydrogen-bond acceptors (Lipinski definition) is 4. The molecule has 0 fully saturated rings. The number of aromatic nitrogens is 2. The third-order valence-electron chi connectivity index (χ3n) is 2.84. The highest BCUT2D eigenvalue weighted by molar-refractivity contribution is 6.00. The van der Waals surface area contributed by atoms with Crippen molar-refractivity contribution in [2.75, 3.05) is 6.54 Å². The summed E-state index contributed by atoms with van der Waals surface area (Å²) in [5.41, 5.74) is 8.07. The summed E-state index contributed by atoms with van der Waals surface area (Å²) in [5.74, 6) is 1.29. The van der Waals surface area contributed by atoms with Gasteiger partial charge in [-0.15, -0.1) is 0 Å². The molecule has 0 spiro atoms. The Labute approximate surface area is 95.3 Å². The Bertz CT molecular complexity index is 427. The fourth-order valence-corrected chi connectivity index (χ4v) is 2.02. The Morgan fingerprint density at radius 3 is 2.69 bits per heavy atom. The van der Waals surface area contributed by atoms with Crippen LogP contribution in [-0.4, -0.2) is 22.3 Å². The fraction of sp³-hybridized carbons (Fsp3) is 0.583. The van der Waals surface area contributed by atoms with Crippen LogP contribution in [0.3, 0.4) is 0 Å². The average molecular weight is 219 g/mol. The van der Waals surface area contributed by atoms with Gasteiger partial charge in [-0.05, 0) is 13.0 Å². The molecule has 1 aliphatic carbocycles. The van der Waals surface area contributed by atoms with Gasteiger partial charge in [0.25, 0.3) is 0 Å². The highest BCUT2D eigenvalue weighted by atomic mass is 16.1. The van der Waals surface area contributed by atoms with E-state index in [1.54, 1.807) is 0 Å². The van der Waals surface area contributed by atoms with Crippen LogP contribution in [0.15, 0.2) is 0 Å². The number of nitrogens with zero attached hydrogens (tertiary/aromatic N) is 2. The minimum atomic E-state index is 0.175. The summed E-state index contributed by atoms with van der Waals surface area (Å²) >= 11 is 0. The second-order valence-electron chi connectivity index (χ2n) is 4.47. The fourth-order valence-electron chi connectivity index (χ4n) is 2.02. The molecule has 1 aromatic heterocycles. The Morgan fingerprint density at radius 2 is 2.06 bits per heavy atom. The molecule has 0 aromatic carbocycles. The van der Waals surface area contributed by atoms with E-state index in [-0.39, 0.29) is 11.7 Å². The first-order chi connectivity index (χ1) is 7.63. The number of carbonyl (C=O) groups excluding carboxylic acids is 1. The second-order valence-corrected chi connectivity index (χ2v) is 4.47. The van der Waals surface area contributed by atoms with Crippen molar-refractivity contribution in [2.45, 2.75) is 39.0 Å². The van der Waals surface area contributed by atoms with E-state index in [9.17, 15) is 4.79 Å². The quantitative estimate of drug-likeness (QED) is 0.830. The Morgan fingerprint density at radius 1 is 1.31 bits per heavy atom. The highest BCUT2D eigenvalue weighted by Crippen LogP contribution is 2.25. The average Bonchev–Trinajstić information content (AvgIpc) is 2.61. The Balaban J connectivity index is 2.52. The van der Waals surface area contributed by atoms with E-state index < -0.39 is 0 Å². The van der Waals surface area contributed by atoms with Gasteiger partial charge >= 0.3 is 0 Å². The first kappa shape index (κ1) is 11.2. The number of ketones is 1. The molecule has 2 N–H and O–H groups in total. The van der Waals surface area contributed by atoms with Crippen LogP contribution < -0.4 is 5.73 Å². The standard InChI is InChI=1S/C12H17N3O/c1-7(2)12-14-8-3-4-10(16)11(8)9(15-12)5-6-13/h7H,3-6,13H2,1-2H3. The van der Waals surface area contributed by atoms with Crippen molar-refractivity contribution >= 4 is 5.78 Å². The molecule has 0 unspecified atom stereocenters. The molecule has 0 amide bonds. The predicted octanol–water partition coefficient (Wildman–Crippen LogP) is 1.23. The van der Waals surface area contributed by atoms with Crippen molar-refractivity contribution in [3.8, 4) is 0 Å². The number of Topliss-reactive ketones (excluding diaryl/α,β-unsaturated/α-hetero) is 1. The van der Waals surface area contributed by atoms with E-state index in [2.05, 4.69) is 23.8 Å². The topological polar surface area (TPSA) is 68.9 Å². The van der Waals surface area contributed by atoms with Crippen LogP contribution in [0.5, 0.6) is 0 Å². The number of carbonyl (C=O) groups is 1. The molecule has 0 atom stereocenters. The van der Waals surface area contributed by atoms with Crippen molar-refractivity contribution in [2.24, 2.45) is 5.73 Å². The molecule has 4 nitrogen and oxygen atoms in total. The maximum absolute atomic E-state index is 11.7. The zero-order valence-electron chi connectivity index (χ0n) is 9.79. The first-order valence-electron chi connectivity index (χ1n) is 5.76. The van der Waals surface area contributed by atoms with Gasteiger partial charge in [0.1, 0.15) is 5.82 Å². The zero-order valence-corrected chi connectivity index (χ0v) is 9.79. The predicted molar refractivity (Wildman–Crippen MR) is 61.5 cm³/mol. The lowest BCUT2D eigenvalue weighted by atomic mass is 10.1. The summed E-state index contributed by atoms with van der Waals surface area (Å²) in [5, 5.41) is 0. The second kappa shape index (κ2) is 4.29. The van der Waals surface area contributed by atoms with Gasteiger partial charge in [0.2, 0.25) is 0 Å². The lowest BCUT2D eigenvalue weighted by Crippen LogP contribution is -2.13. The third-order valence-corrected chi connectivity index (χ3v) is 2.84. The summed E-state index contributed by atoms with van der Waals surface area (Å²) < 4.78 is 0. The summed E-state index contributed by atoms with van der Waals surface area (Å²) in [6.45, 7) is 4.64. The lowest BCUT2D eigenvalue weighted by Gasteiger charge is -2.10. The summed E-state index contributed by atoms with van der Waals surface area (Å²) in [4.78, 5) is 20.7. The van der Waals surface area contributed by atoms with Gasteiger partial charge in [-0.2, -0.15) is 0 Å². The lowest BCUT2D eigenvalue weighted by molar-refractivity contribution is 0.0993. The molecule has 1 aliphatic rings. The van der Waals surface area contributed by atoms with Gasteiger partial charge < -0.3 is 5.73 Å². The SMILES string of the molecule is CC(C)c1nc(CCN)c2c(n1)CCC2=O. The van der Waals surface area contributed by atoms with E-state index in [1.807, 2.05) is 0 Å². The third kappa shape index (κ3) is 1.85. The van der Waals surface area contributed by atoms with E-state index in [0.717, 1.165) is 29.2 Å². The van der Waals surface area contributed by atoms with Crippen LogP contribution in [0.2, 0.25) is 0 Å². The van der Waals surface area contributed by atoms with Crippen LogP contribution in [0, 0.1) is 0 Å². The van der Waals surface area contributed by atoms with Crippen LogP contribution in [-0.2, 0) is 12.8 Å². The van der Waals surface area contributed by atoms with E-state index in [0.29, 0.717) is 19.4 Å². The molecule has 16 heavy (non-hydrogen) atoms. The van der Waals surface area contributed by atoms with Gasteiger partial charge in [-0.25, -0.2) is 9.97 Å². The van der Waals surface area contributed by atoms with Crippen molar-refractivity contribution in [3.05, 3.63) is 22.8 Å². The smallest absolute Gasteiger partial charge is 0.166 e. The minimum Gasteiger partial charge on any atom is -0.330 e. The van der Waals surface area contributed by atoms with Crippen LogP contribution in [0.1, 0.15) is 53.8 Å². The van der Waals surface area contributed by atoms with E-state index in [4.69, 9.17) is 5.73 Å². The Kier molecular flexibility index (Phi) is 3.01. The molecular weight excluding hydrogens is 202 g/mol. The van der Waals surface area contributed by atoms with Gasteiger partial charge in [0, 0.05) is 18.8 Å². The van der Waals surface area contributed by atoms with E-state index >= 15 is 0 Å². The number of aryl methyl sites for hydroxylation is 1. The Hall–Kier alpha value is -1.29. The van der Waals surface area contributed by atoms with Crippen molar-refractivity contribution in [3.63, 3.8) is 0 Å². The number of rotatable bonds is 3. The molecule has 1 aromatic rings. The summed E-state index contributed by atoms with van der Waals surface area (Å²) in [7, 11) is 0. The zero-order chi connectivity index (χ0) is 11.7. The number of fused-ring (bicyclic) bond motifs is 1. The van der Waals surface area contributed by atoms with Crippen LogP contribution in [0.25, 0.3) is 0 Å². The molecule has 1 heterocycles. The first-order valence-corrected chi connectivity index (χ1v) is 5.76. The largest absolute Gasteiger partial charge is 0.330 e. The van der Waals surface area contributed by atoms with Crippen molar-refractivity contribution < 1.29 is 4.79 Å².